The van der Waals surface area contributed by atoms with E-state index in [0.29, 0.717) is 17.1 Å². The number of aliphatic hydroxyl groups is 2. The Morgan fingerprint density at radius 1 is 1.15 bits per heavy atom. The second-order valence-electron chi connectivity index (χ2n) is 8.17. The molecule has 8 heteroatoms. The second-order valence-corrected chi connectivity index (χ2v) is 8.17. The summed E-state index contributed by atoms with van der Waals surface area (Å²) in [6, 6.07) is 17.9. The van der Waals surface area contributed by atoms with Crippen molar-refractivity contribution in [2.75, 3.05) is 44.4 Å². The molecule has 1 aliphatic heterocycles. The molecule has 1 fully saturated rings. The number of rotatable bonds is 7. The quantitative estimate of drug-likeness (QED) is 0.366. The molecule has 0 radical (unpaired) electrons. The van der Waals surface area contributed by atoms with Crippen LogP contribution in [0, 0.1) is 11.3 Å². The normalized spacial score (nSPS) is 15.5. The number of carbonyl (C=O) groups excluding carboxylic acids is 1. The molecule has 1 amide bonds. The number of hydrogen-bond acceptors (Lipinski definition) is 7. The highest BCUT2D eigenvalue weighted by Gasteiger charge is 2.18. The monoisotopic (exact) mass is 461 g/mol. The first-order chi connectivity index (χ1) is 16.5. The Bertz CT molecular complexity index is 1250. The van der Waals surface area contributed by atoms with E-state index in [0.717, 1.165) is 42.6 Å². The predicted octanol–water partition coefficient (Wildman–Crippen LogP) is 2.70. The number of fused-ring (bicyclic) bond motifs is 1. The van der Waals surface area contributed by atoms with Crippen LogP contribution in [0.15, 0.2) is 58.5 Å². The van der Waals surface area contributed by atoms with Gasteiger partial charge >= 0.3 is 0 Å². The maximum absolute atomic E-state index is 12.3. The van der Waals surface area contributed by atoms with Crippen molar-refractivity contribution in [3.63, 3.8) is 0 Å². The van der Waals surface area contributed by atoms with Crippen molar-refractivity contribution in [2.24, 2.45) is 0 Å². The predicted molar refractivity (Wildman–Crippen MR) is 129 cm³/mol. The zero-order valence-corrected chi connectivity index (χ0v) is 19.0. The Morgan fingerprint density at radius 2 is 1.88 bits per heavy atom. The lowest BCUT2D eigenvalue weighted by Gasteiger charge is -2.29. The smallest absolute Gasteiger partial charge is 0.262 e. The number of carbonyl (C=O) groups is 1. The van der Waals surface area contributed by atoms with Crippen LogP contribution in [0.1, 0.15) is 12.7 Å². The van der Waals surface area contributed by atoms with Crippen molar-refractivity contribution in [1.82, 2.24) is 5.32 Å². The fourth-order valence-corrected chi connectivity index (χ4v) is 3.89. The zero-order chi connectivity index (χ0) is 24.1. The maximum atomic E-state index is 12.3. The summed E-state index contributed by atoms with van der Waals surface area (Å²) in [6.45, 7) is 4.26. The molecule has 0 saturated carbocycles. The number of amides is 1. The van der Waals surface area contributed by atoms with Gasteiger partial charge in [0.2, 0.25) is 0 Å². The highest BCUT2D eigenvalue weighted by atomic mass is 16.5. The van der Waals surface area contributed by atoms with E-state index in [1.165, 1.54) is 5.69 Å². The Hall–Kier alpha value is -3.64. The summed E-state index contributed by atoms with van der Waals surface area (Å²) >= 11 is 0. The van der Waals surface area contributed by atoms with E-state index < -0.39 is 18.6 Å². The number of allylic oxidation sites excluding steroid dienone is 1. The fraction of sp³-hybridized carbons (Fsp3) is 0.308. The average molecular weight is 462 g/mol. The molecule has 1 unspecified atom stereocenters. The zero-order valence-electron chi connectivity index (χ0n) is 19.0. The molecule has 3 N–H and O–H groups in total. The fourth-order valence-electron chi connectivity index (χ4n) is 3.89. The van der Waals surface area contributed by atoms with Crippen molar-refractivity contribution in [1.29, 1.82) is 5.26 Å². The van der Waals surface area contributed by atoms with Crippen LogP contribution in [0.5, 0.6) is 0 Å². The Balaban J connectivity index is 1.55. The molecule has 2 aromatic carbocycles. The third-order valence-corrected chi connectivity index (χ3v) is 5.88. The lowest BCUT2D eigenvalue weighted by Crippen LogP contribution is -2.36. The summed E-state index contributed by atoms with van der Waals surface area (Å²) in [4.78, 5) is 14.7. The summed E-state index contributed by atoms with van der Waals surface area (Å²) in [6.07, 6.45) is -1.09. The molecule has 4 rings (SSSR count). The third-order valence-electron chi connectivity index (χ3n) is 5.88. The highest BCUT2D eigenvalue weighted by molar-refractivity contribution is 6.04. The maximum Gasteiger partial charge on any atom is 0.262 e. The van der Waals surface area contributed by atoms with Crippen LogP contribution in [-0.2, 0) is 9.53 Å². The van der Waals surface area contributed by atoms with Gasteiger partial charge in [-0.1, -0.05) is 18.2 Å². The summed E-state index contributed by atoms with van der Waals surface area (Å²) in [5, 5.41) is 32.4. The van der Waals surface area contributed by atoms with Gasteiger partial charge in [-0.2, -0.15) is 5.26 Å². The van der Waals surface area contributed by atoms with Gasteiger partial charge in [0.15, 0.2) is 0 Å². The van der Waals surface area contributed by atoms with E-state index in [4.69, 9.17) is 14.3 Å². The van der Waals surface area contributed by atoms with Crippen molar-refractivity contribution >= 4 is 27.9 Å². The van der Waals surface area contributed by atoms with Crippen LogP contribution >= 0.6 is 0 Å². The Labute approximate surface area is 197 Å². The molecule has 8 nitrogen and oxygen atoms in total. The number of hydrogen-bond donors (Lipinski definition) is 3. The number of nitrogens with zero attached hydrogens (tertiary/aromatic N) is 2. The lowest BCUT2D eigenvalue weighted by molar-refractivity contribution is -0.117. The molecule has 0 aliphatic carbocycles. The molecule has 176 valence electrons. The molecular weight excluding hydrogens is 434 g/mol. The summed E-state index contributed by atoms with van der Waals surface area (Å²) in [5.74, 6) is 0.404. The molecule has 0 bridgehead atoms. The first kappa shape index (κ1) is 23.5. The summed E-state index contributed by atoms with van der Waals surface area (Å²) in [7, 11) is 0. The molecule has 0 spiro atoms. The van der Waals surface area contributed by atoms with Gasteiger partial charge in [-0.15, -0.1) is 0 Å². The number of ether oxygens (including phenoxy) is 1. The van der Waals surface area contributed by atoms with Gasteiger partial charge < -0.3 is 29.6 Å². The first-order valence-electron chi connectivity index (χ1n) is 11.2. The number of benzene rings is 2. The van der Waals surface area contributed by atoms with Crippen LogP contribution in [0.25, 0.3) is 27.7 Å². The number of furan rings is 1. The van der Waals surface area contributed by atoms with Crippen LogP contribution in [0.2, 0.25) is 0 Å². The molecule has 34 heavy (non-hydrogen) atoms. The molecular formula is C26H27N3O5. The van der Waals surface area contributed by atoms with Gasteiger partial charge in [-0.25, -0.2) is 0 Å². The second kappa shape index (κ2) is 10.5. The van der Waals surface area contributed by atoms with Crippen molar-refractivity contribution in [3.05, 3.63) is 59.9 Å². The van der Waals surface area contributed by atoms with Crippen LogP contribution in [0.4, 0.5) is 5.69 Å². The summed E-state index contributed by atoms with van der Waals surface area (Å²) < 4.78 is 11.4. The van der Waals surface area contributed by atoms with Crippen LogP contribution < -0.4 is 10.2 Å². The van der Waals surface area contributed by atoms with E-state index >= 15 is 0 Å². The molecule has 3 aromatic rings. The number of nitriles is 1. The lowest BCUT2D eigenvalue weighted by atomic mass is 10.0. The van der Waals surface area contributed by atoms with Crippen molar-refractivity contribution in [3.8, 4) is 17.4 Å². The number of nitrogens with one attached hydrogen (secondary N) is 1. The van der Waals surface area contributed by atoms with Gasteiger partial charge in [-0.3, -0.25) is 4.79 Å². The Morgan fingerprint density at radius 3 is 2.62 bits per heavy atom. The molecule has 1 atom stereocenters. The van der Waals surface area contributed by atoms with E-state index in [2.05, 4.69) is 34.5 Å². The van der Waals surface area contributed by atoms with E-state index in [-0.39, 0.29) is 12.1 Å². The topological polar surface area (TPSA) is 119 Å². The standard InChI is InChI=1S/C26H27N3O5/c1-17(23(14-27)26(32)28-15-22(31)16-30)24-6-7-25(34-24)20-3-2-19-13-21(5-4-18(19)12-20)29-8-10-33-11-9-29/h2-7,12-13,22,30-31H,8-11,15-16H2,1H3,(H,28,32)/b23-17+. The van der Waals surface area contributed by atoms with E-state index in [9.17, 15) is 15.2 Å². The molecule has 1 aromatic heterocycles. The average Bonchev–Trinajstić information content (AvgIpc) is 3.38. The van der Waals surface area contributed by atoms with E-state index in [1.807, 2.05) is 24.3 Å². The molecule has 1 aliphatic rings. The van der Waals surface area contributed by atoms with Crippen molar-refractivity contribution in [2.45, 2.75) is 13.0 Å². The van der Waals surface area contributed by atoms with Crippen LogP contribution in [0.3, 0.4) is 0 Å². The highest BCUT2D eigenvalue weighted by Crippen LogP contribution is 2.31. The van der Waals surface area contributed by atoms with Gasteiger partial charge in [-0.05, 0) is 48.0 Å². The van der Waals surface area contributed by atoms with Gasteiger partial charge in [0.25, 0.3) is 5.91 Å². The Kier molecular flexibility index (Phi) is 7.28. The van der Waals surface area contributed by atoms with Gasteiger partial charge in [0, 0.05) is 36.5 Å². The van der Waals surface area contributed by atoms with Crippen LogP contribution in [-0.4, -0.2) is 61.7 Å². The summed E-state index contributed by atoms with van der Waals surface area (Å²) in [5.41, 5.74) is 2.35. The number of morpholine rings is 1. The molecule has 1 saturated heterocycles. The number of anilines is 1. The minimum atomic E-state index is -1.09. The van der Waals surface area contributed by atoms with E-state index in [1.54, 1.807) is 13.0 Å². The van der Waals surface area contributed by atoms with Crippen molar-refractivity contribution < 1.29 is 24.2 Å². The van der Waals surface area contributed by atoms with Gasteiger partial charge in [0.1, 0.15) is 23.2 Å². The minimum Gasteiger partial charge on any atom is -0.456 e. The molecule has 2 heterocycles. The minimum absolute atomic E-state index is 0.111. The first-order valence-corrected chi connectivity index (χ1v) is 11.2. The SMILES string of the molecule is C/C(=C(/C#N)C(=O)NCC(O)CO)c1ccc(-c2ccc3cc(N4CCOCC4)ccc3c2)o1. The van der Waals surface area contributed by atoms with Gasteiger partial charge in [0.05, 0.1) is 25.9 Å². The largest absolute Gasteiger partial charge is 0.456 e. The third kappa shape index (κ3) is 5.13. The number of aliphatic hydroxyl groups excluding tert-OH is 2.